The number of nitriles is 1. The number of nitrogens with two attached hydrogens (primary N) is 1. The van der Waals surface area contributed by atoms with Gasteiger partial charge in [0, 0.05) is 30.4 Å². The highest BCUT2D eigenvalue weighted by Crippen LogP contribution is 1.93. The molecular weight excluding hydrogens is 230 g/mol. The van der Waals surface area contributed by atoms with E-state index in [0.717, 1.165) is 0 Å². The maximum atomic E-state index is 8.26. The van der Waals surface area contributed by atoms with Gasteiger partial charge >= 0.3 is 0 Å². The lowest BCUT2D eigenvalue weighted by Crippen LogP contribution is -2.12. The van der Waals surface area contributed by atoms with Crippen molar-refractivity contribution in [2.24, 2.45) is 10.9 Å². The van der Waals surface area contributed by atoms with E-state index < -0.39 is 0 Å². The summed E-state index contributed by atoms with van der Waals surface area (Å²) in [7, 11) is 0. The van der Waals surface area contributed by atoms with Gasteiger partial charge in [-0.25, -0.2) is 0 Å². The van der Waals surface area contributed by atoms with Gasteiger partial charge in [-0.3, -0.25) is 9.97 Å². The highest BCUT2D eigenvalue weighted by molar-refractivity contribution is 5.96. The first kappa shape index (κ1) is 13.1. The second-order valence-corrected chi connectivity index (χ2v) is 3.07. The molecule has 0 aliphatic heterocycles. The molecule has 0 aliphatic carbocycles. The maximum Gasteiger partial charge on any atom is 0.170 e. The summed E-state index contributed by atoms with van der Waals surface area (Å²) in [5.74, 6) is 0.0994. The van der Waals surface area contributed by atoms with Crippen LogP contribution in [0.15, 0.2) is 54.2 Å². The molecule has 2 heterocycles. The quantitative estimate of drug-likeness (QED) is 0.336. The first-order valence-corrected chi connectivity index (χ1v) is 4.96. The molecule has 0 fully saturated rings. The average Bonchev–Trinajstić information content (AvgIpc) is 2.49. The van der Waals surface area contributed by atoms with E-state index in [-0.39, 0.29) is 5.84 Å². The van der Waals surface area contributed by atoms with E-state index in [2.05, 4.69) is 15.1 Å². The van der Waals surface area contributed by atoms with Crippen LogP contribution >= 0.6 is 0 Å². The lowest BCUT2D eigenvalue weighted by molar-refractivity contribution is 0.318. The molecule has 0 aromatic carbocycles. The van der Waals surface area contributed by atoms with Crippen molar-refractivity contribution in [2.75, 3.05) is 0 Å². The minimum absolute atomic E-state index is 0.0994. The van der Waals surface area contributed by atoms with E-state index in [4.69, 9.17) is 16.2 Å². The van der Waals surface area contributed by atoms with Gasteiger partial charge in [0.1, 0.15) is 0 Å². The van der Waals surface area contributed by atoms with Gasteiger partial charge in [0.2, 0.25) is 0 Å². The molecule has 0 atom stereocenters. The van der Waals surface area contributed by atoms with Crippen molar-refractivity contribution in [2.45, 2.75) is 0 Å². The fourth-order valence-corrected chi connectivity index (χ4v) is 1.01. The van der Waals surface area contributed by atoms with Gasteiger partial charge in [-0.2, -0.15) is 5.26 Å². The van der Waals surface area contributed by atoms with Crippen LogP contribution in [0.2, 0.25) is 0 Å². The number of aromatic nitrogens is 2. The molecule has 0 spiro atoms. The zero-order valence-corrected chi connectivity index (χ0v) is 9.43. The van der Waals surface area contributed by atoms with Gasteiger partial charge in [0.15, 0.2) is 5.84 Å². The second-order valence-electron chi connectivity index (χ2n) is 3.07. The molecule has 3 N–H and O–H groups in total. The van der Waals surface area contributed by atoms with Crippen LogP contribution < -0.4 is 5.73 Å². The van der Waals surface area contributed by atoms with Gasteiger partial charge in [-0.1, -0.05) is 5.16 Å². The summed E-state index contributed by atoms with van der Waals surface area (Å²) in [6.07, 6.45) is 6.35. The smallest absolute Gasteiger partial charge is 0.170 e. The molecule has 0 saturated carbocycles. The highest BCUT2D eigenvalue weighted by Gasteiger charge is 1.94. The lowest BCUT2D eigenvalue weighted by Gasteiger charge is -1.93. The number of hydrogen-bond acceptors (Lipinski definition) is 5. The van der Waals surface area contributed by atoms with E-state index in [1.54, 1.807) is 49.1 Å². The van der Waals surface area contributed by atoms with Gasteiger partial charge in [-0.05, 0) is 24.3 Å². The van der Waals surface area contributed by atoms with E-state index in [1.165, 1.54) is 0 Å². The van der Waals surface area contributed by atoms with E-state index in [1.807, 2.05) is 6.07 Å². The topological polar surface area (TPSA) is 108 Å². The van der Waals surface area contributed by atoms with Crippen molar-refractivity contribution in [3.05, 3.63) is 60.2 Å². The van der Waals surface area contributed by atoms with Crippen LogP contribution in [0.5, 0.6) is 0 Å². The molecule has 6 nitrogen and oxygen atoms in total. The molecule has 0 saturated heterocycles. The van der Waals surface area contributed by atoms with Crippen LogP contribution in [-0.2, 0) is 0 Å². The molecule has 0 amide bonds. The summed E-state index contributed by atoms with van der Waals surface area (Å²) < 4.78 is 0. The van der Waals surface area contributed by atoms with E-state index in [9.17, 15) is 0 Å². The number of oxime groups is 1. The molecular formula is C12H11N5O. The second kappa shape index (κ2) is 7.35. The van der Waals surface area contributed by atoms with Crippen LogP contribution in [0, 0.1) is 11.3 Å². The summed E-state index contributed by atoms with van der Waals surface area (Å²) in [6, 6.07) is 8.64. The van der Waals surface area contributed by atoms with Gasteiger partial charge in [0.25, 0.3) is 0 Å². The molecule has 2 aromatic rings. The van der Waals surface area contributed by atoms with Crippen molar-refractivity contribution < 1.29 is 5.21 Å². The first-order valence-electron chi connectivity index (χ1n) is 4.96. The number of nitrogens with zero attached hydrogens (tertiary/aromatic N) is 4. The van der Waals surface area contributed by atoms with Gasteiger partial charge < -0.3 is 10.9 Å². The summed E-state index contributed by atoms with van der Waals surface area (Å²) in [5.41, 5.74) is 6.58. The Morgan fingerprint density at radius 3 is 2.00 bits per heavy atom. The van der Waals surface area contributed by atoms with Gasteiger partial charge in [0.05, 0.1) is 11.6 Å². The Kier molecular flexibility index (Phi) is 5.36. The molecule has 0 aliphatic rings. The normalized spacial score (nSPS) is 9.83. The third-order valence-electron chi connectivity index (χ3n) is 1.89. The van der Waals surface area contributed by atoms with Crippen molar-refractivity contribution in [1.82, 2.24) is 9.97 Å². The zero-order valence-electron chi connectivity index (χ0n) is 9.43. The number of amidine groups is 1. The van der Waals surface area contributed by atoms with Crippen LogP contribution in [0.3, 0.4) is 0 Å². The first-order chi connectivity index (χ1) is 8.77. The Balaban J connectivity index is 0.000000184. The largest absolute Gasteiger partial charge is 0.409 e. The van der Waals surface area contributed by atoms with Crippen LogP contribution in [0.1, 0.15) is 11.1 Å². The standard InChI is InChI=1S/C6H7N3O.C6H4N2/c7-6(9-10)5-1-3-8-4-2-5;7-5-6-1-3-8-4-2-6/h1-4,10H,(H2,7,9);1-4H. The predicted molar refractivity (Wildman–Crippen MR) is 65.7 cm³/mol. The molecule has 18 heavy (non-hydrogen) atoms. The van der Waals surface area contributed by atoms with Crippen LogP contribution in [0.25, 0.3) is 0 Å². The summed E-state index contributed by atoms with van der Waals surface area (Å²) in [4.78, 5) is 7.51. The third-order valence-corrected chi connectivity index (χ3v) is 1.89. The maximum absolute atomic E-state index is 8.26. The Morgan fingerprint density at radius 2 is 1.61 bits per heavy atom. The summed E-state index contributed by atoms with van der Waals surface area (Å²) in [6.45, 7) is 0. The van der Waals surface area contributed by atoms with Crippen LogP contribution in [0.4, 0.5) is 0 Å². The Labute approximate surface area is 104 Å². The molecule has 0 bridgehead atoms. The fourth-order valence-electron chi connectivity index (χ4n) is 1.01. The van der Waals surface area contributed by atoms with Crippen molar-refractivity contribution in [3.63, 3.8) is 0 Å². The molecule has 2 rings (SSSR count). The Morgan fingerprint density at radius 1 is 1.11 bits per heavy atom. The number of rotatable bonds is 1. The minimum atomic E-state index is 0.0994. The zero-order chi connectivity index (χ0) is 13.2. The van der Waals surface area contributed by atoms with Crippen molar-refractivity contribution in [3.8, 4) is 6.07 Å². The summed E-state index contributed by atoms with van der Waals surface area (Å²) in [5, 5.41) is 19.3. The van der Waals surface area contributed by atoms with E-state index in [0.29, 0.717) is 11.1 Å². The van der Waals surface area contributed by atoms with Crippen molar-refractivity contribution >= 4 is 5.84 Å². The molecule has 0 unspecified atom stereocenters. The lowest BCUT2D eigenvalue weighted by atomic mass is 10.2. The molecule has 90 valence electrons. The van der Waals surface area contributed by atoms with Gasteiger partial charge in [-0.15, -0.1) is 0 Å². The Bertz CT molecular complexity index is 533. The number of hydrogen-bond donors (Lipinski definition) is 2. The highest BCUT2D eigenvalue weighted by atomic mass is 16.4. The number of pyridine rings is 2. The third kappa shape index (κ3) is 4.28. The SMILES string of the molecule is N#Cc1ccncc1.N/C(=N\O)c1ccncc1. The van der Waals surface area contributed by atoms with Crippen molar-refractivity contribution in [1.29, 1.82) is 5.26 Å². The van der Waals surface area contributed by atoms with Crippen LogP contribution in [-0.4, -0.2) is 21.0 Å². The summed E-state index contributed by atoms with van der Waals surface area (Å²) >= 11 is 0. The monoisotopic (exact) mass is 241 g/mol. The fraction of sp³-hybridized carbons (Fsp3) is 0. The molecule has 0 radical (unpaired) electrons. The molecule has 2 aromatic heterocycles. The minimum Gasteiger partial charge on any atom is -0.409 e. The average molecular weight is 241 g/mol. The van der Waals surface area contributed by atoms with E-state index >= 15 is 0 Å². The predicted octanol–water partition coefficient (Wildman–Crippen LogP) is 1.13. The molecule has 6 heteroatoms. The Hall–Kier alpha value is -2.94.